The maximum Gasteiger partial charge on any atom is 0.0638 e. The smallest absolute Gasteiger partial charge is 0.0638 e. The number of unbranched alkanes of at least 4 members (excludes halogenated alkanes) is 1. The van der Waals surface area contributed by atoms with Gasteiger partial charge in [0.25, 0.3) is 0 Å². The largest absolute Gasteiger partial charge is 0.377 e. The van der Waals surface area contributed by atoms with Crippen molar-refractivity contribution in [2.24, 2.45) is 0 Å². The first-order chi connectivity index (χ1) is 9.70. The van der Waals surface area contributed by atoms with Crippen LogP contribution in [0.4, 0.5) is 5.69 Å². The molecular formula is C17H19Cl2N. The molecule has 2 aromatic rings. The number of rotatable bonds is 6. The van der Waals surface area contributed by atoms with E-state index in [-0.39, 0.29) is 6.04 Å². The van der Waals surface area contributed by atoms with Gasteiger partial charge in [0, 0.05) is 5.02 Å². The van der Waals surface area contributed by atoms with Crippen LogP contribution in [0.2, 0.25) is 10.0 Å². The summed E-state index contributed by atoms with van der Waals surface area (Å²) < 4.78 is 0. The molecular weight excluding hydrogens is 289 g/mol. The van der Waals surface area contributed by atoms with E-state index in [1.807, 2.05) is 18.2 Å². The molecule has 1 atom stereocenters. The summed E-state index contributed by atoms with van der Waals surface area (Å²) in [5.74, 6) is 0. The number of halogens is 2. The summed E-state index contributed by atoms with van der Waals surface area (Å²) in [6.45, 7) is 2.20. The summed E-state index contributed by atoms with van der Waals surface area (Å²) in [6, 6.07) is 16.2. The van der Waals surface area contributed by atoms with Crippen LogP contribution >= 0.6 is 23.2 Å². The maximum absolute atomic E-state index is 6.24. The van der Waals surface area contributed by atoms with E-state index >= 15 is 0 Å². The van der Waals surface area contributed by atoms with Gasteiger partial charge < -0.3 is 5.32 Å². The van der Waals surface area contributed by atoms with Gasteiger partial charge in [-0.05, 0) is 30.2 Å². The number of anilines is 1. The molecule has 0 aromatic heterocycles. The second-order valence-corrected chi connectivity index (χ2v) is 5.72. The van der Waals surface area contributed by atoms with Crippen molar-refractivity contribution >= 4 is 28.9 Å². The van der Waals surface area contributed by atoms with Gasteiger partial charge in [0.2, 0.25) is 0 Å². The first-order valence-electron chi connectivity index (χ1n) is 6.97. The topological polar surface area (TPSA) is 12.0 Å². The van der Waals surface area contributed by atoms with Gasteiger partial charge in [0.15, 0.2) is 0 Å². The van der Waals surface area contributed by atoms with Crippen LogP contribution in [0, 0.1) is 0 Å². The van der Waals surface area contributed by atoms with Crippen molar-refractivity contribution in [3.63, 3.8) is 0 Å². The molecule has 0 radical (unpaired) electrons. The maximum atomic E-state index is 6.24. The van der Waals surface area contributed by atoms with E-state index in [1.165, 1.54) is 18.4 Å². The Labute approximate surface area is 130 Å². The van der Waals surface area contributed by atoms with Gasteiger partial charge in [-0.3, -0.25) is 0 Å². The van der Waals surface area contributed by atoms with Crippen LogP contribution in [-0.4, -0.2) is 0 Å². The van der Waals surface area contributed by atoms with Crippen molar-refractivity contribution in [1.29, 1.82) is 0 Å². The van der Waals surface area contributed by atoms with Gasteiger partial charge in [-0.1, -0.05) is 73.3 Å². The minimum Gasteiger partial charge on any atom is -0.377 e. The van der Waals surface area contributed by atoms with Gasteiger partial charge >= 0.3 is 0 Å². The predicted molar refractivity (Wildman–Crippen MR) is 88.8 cm³/mol. The highest BCUT2D eigenvalue weighted by Gasteiger charge is 2.12. The summed E-state index contributed by atoms with van der Waals surface area (Å²) in [4.78, 5) is 0. The quantitative estimate of drug-likeness (QED) is 0.657. The molecule has 0 fully saturated rings. The van der Waals surface area contributed by atoms with Gasteiger partial charge in [0.1, 0.15) is 0 Å². The highest BCUT2D eigenvalue weighted by molar-refractivity contribution is 6.35. The Morgan fingerprint density at radius 3 is 2.50 bits per heavy atom. The Balaban J connectivity index is 2.21. The Morgan fingerprint density at radius 2 is 1.80 bits per heavy atom. The van der Waals surface area contributed by atoms with Crippen molar-refractivity contribution in [3.8, 4) is 0 Å². The van der Waals surface area contributed by atoms with Gasteiger partial charge in [0.05, 0.1) is 16.8 Å². The van der Waals surface area contributed by atoms with Crippen LogP contribution in [0.1, 0.15) is 37.8 Å². The third-order valence-corrected chi connectivity index (χ3v) is 3.87. The van der Waals surface area contributed by atoms with E-state index in [0.717, 1.165) is 12.1 Å². The standard InChI is InChI=1S/C17H19Cl2N/c1-2-3-9-16(13-7-5-4-6-8-13)20-17-12-14(18)10-11-15(17)19/h4-8,10-12,16,20H,2-3,9H2,1H3. The van der Waals surface area contributed by atoms with Gasteiger partial charge in [-0.25, -0.2) is 0 Å². The first-order valence-corrected chi connectivity index (χ1v) is 7.73. The lowest BCUT2D eigenvalue weighted by Crippen LogP contribution is -2.11. The molecule has 1 N–H and O–H groups in total. The number of nitrogens with one attached hydrogen (secondary N) is 1. The normalized spacial score (nSPS) is 12.2. The SMILES string of the molecule is CCCCC(Nc1cc(Cl)ccc1Cl)c1ccccc1. The van der Waals surface area contributed by atoms with Crippen LogP contribution in [0.25, 0.3) is 0 Å². The highest BCUT2D eigenvalue weighted by Crippen LogP contribution is 2.31. The molecule has 0 heterocycles. The zero-order valence-electron chi connectivity index (χ0n) is 11.6. The lowest BCUT2D eigenvalue weighted by atomic mass is 10.0. The van der Waals surface area contributed by atoms with Crippen LogP contribution < -0.4 is 5.32 Å². The molecule has 1 unspecified atom stereocenters. The van der Waals surface area contributed by atoms with Crippen LogP contribution in [0.15, 0.2) is 48.5 Å². The molecule has 2 aromatic carbocycles. The van der Waals surface area contributed by atoms with E-state index in [4.69, 9.17) is 23.2 Å². The van der Waals surface area contributed by atoms with E-state index in [1.54, 1.807) is 6.07 Å². The number of hydrogen-bond acceptors (Lipinski definition) is 1. The molecule has 0 bridgehead atoms. The van der Waals surface area contributed by atoms with E-state index in [0.29, 0.717) is 10.0 Å². The van der Waals surface area contributed by atoms with Crippen molar-refractivity contribution in [2.75, 3.05) is 5.32 Å². The van der Waals surface area contributed by atoms with E-state index < -0.39 is 0 Å². The van der Waals surface area contributed by atoms with Crippen molar-refractivity contribution in [1.82, 2.24) is 0 Å². The first kappa shape index (κ1) is 15.2. The molecule has 1 nitrogen and oxygen atoms in total. The molecule has 106 valence electrons. The molecule has 3 heteroatoms. The zero-order chi connectivity index (χ0) is 14.4. The molecule has 0 amide bonds. The van der Waals surface area contributed by atoms with Crippen molar-refractivity contribution < 1.29 is 0 Å². The molecule has 0 spiro atoms. The minimum absolute atomic E-state index is 0.257. The average molecular weight is 308 g/mol. The predicted octanol–water partition coefficient (Wildman–Crippen LogP) is 6.34. The van der Waals surface area contributed by atoms with Crippen LogP contribution in [0.5, 0.6) is 0 Å². The second kappa shape index (κ2) is 7.56. The Morgan fingerprint density at radius 1 is 1.05 bits per heavy atom. The van der Waals surface area contributed by atoms with Crippen LogP contribution in [-0.2, 0) is 0 Å². The number of hydrogen-bond donors (Lipinski definition) is 1. The molecule has 2 rings (SSSR count). The van der Waals surface area contributed by atoms with Crippen molar-refractivity contribution in [3.05, 3.63) is 64.1 Å². The lowest BCUT2D eigenvalue weighted by molar-refractivity contribution is 0.634. The summed E-state index contributed by atoms with van der Waals surface area (Å²) in [5.41, 5.74) is 2.17. The summed E-state index contributed by atoms with van der Waals surface area (Å²) in [6.07, 6.45) is 3.42. The van der Waals surface area contributed by atoms with E-state index in [2.05, 4.69) is 36.5 Å². The molecule has 0 aliphatic heterocycles. The average Bonchev–Trinajstić information content (AvgIpc) is 2.48. The third-order valence-electron chi connectivity index (χ3n) is 3.31. The summed E-state index contributed by atoms with van der Waals surface area (Å²) in [7, 11) is 0. The van der Waals surface area contributed by atoms with Crippen LogP contribution in [0.3, 0.4) is 0 Å². The number of benzene rings is 2. The monoisotopic (exact) mass is 307 g/mol. The Bertz CT molecular complexity index is 540. The third kappa shape index (κ3) is 4.16. The fourth-order valence-electron chi connectivity index (χ4n) is 2.21. The molecule has 0 saturated carbocycles. The Hall–Kier alpha value is -1.18. The minimum atomic E-state index is 0.257. The summed E-state index contributed by atoms with van der Waals surface area (Å²) in [5, 5.41) is 4.92. The van der Waals surface area contributed by atoms with Crippen molar-refractivity contribution in [2.45, 2.75) is 32.2 Å². The fourth-order valence-corrected chi connectivity index (χ4v) is 2.56. The zero-order valence-corrected chi connectivity index (χ0v) is 13.1. The second-order valence-electron chi connectivity index (χ2n) is 4.87. The van der Waals surface area contributed by atoms with E-state index in [9.17, 15) is 0 Å². The Kier molecular flexibility index (Phi) is 5.75. The molecule has 0 aliphatic carbocycles. The highest BCUT2D eigenvalue weighted by atomic mass is 35.5. The lowest BCUT2D eigenvalue weighted by Gasteiger charge is -2.21. The fraction of sp³-hybridized carbons (Fsp3) is 0.294. The van der Waals surface area contributed by atoms with Gasteiger partial charge in [-0.2, -0.15) is 0 Å². The molecule has 20 heavy (non-hydrogen) atoms. The molecule has 0 aliphatic rings. The van der Waals surface area contributed by atoms with Gasteiger partial charge in [-0.15, -0.1) is 0 Å². The summed E-state index contributed by atoms with van der Waals surface area (Å²) >= 11 is 12.3. The molecule has 0 saturated heterocycles.